The molecule has 0 radical (unpaired) electrons. The summed E-state index contributed by atoms with van der Waals surface area (Å²) < 4.78 is 0. The number of nitrogens with one attached hydrogen (secondary N) is 2. The molecule has 1 heterocycles. The Morgan fingerprint density at radius 3 is 3.10 bits per heavy atom. The van der Waals surface area contributed by atoms with Crippen molar-refractivity contribution in [3.63, 3.8) is 0 Å². The van der Waals surface area contributed by atoms with Crippen molar-refractivity contribution in [2.45, 2.75) is 38.6 Å². The SMILES string of the molecule is Cc1ccc2[nH]c3c(c2c1)CC(NC(=O)CCCCl)C3. The van der Waals surface area contributed by atoms with Crippen molar-refractivity contribution in [2.24, 2.45) is 0 Å². The highest BCUT2D eigenvalue weighted by molar-refractivity contribution is 6.17. The molecule has 0 aliphatic heterocycles. The fraction of sp³-hybridized carbons (Fsp3) is 0.438. The lowest BCUT2D eigenvalue weighted by atomic mass is 10.1. The van der Waals surface area contributed by atoms with Crippen LogP contribution in [-0.4, -0.2) is 22.8 Å². The van der Waals surface area contributed by atoms with E-state index >= 15 is 0 Å². The van der Waals surface area contributed by atoms with E-state index in [9.17, 15) is 4.79 Å². The van der Waals surface area contributed by atoms with Crippen LogP contribution in [0.4, 0.5) is 0 Å². The molecule has 3 nitrogen and oxygen atoms in total. The van der Waals surface area contributed by atoms with Crippen LogP contribution < -0.4 is 5.32 Å². The molecule has 1 atom stereocenters. The van der Waals surface area contributed by atoms with Crippen LogP contribution in [-0.2, 0) is 17.6 Å². The number of amides is 1. The van der Waals surface area contributed by atoms with Crippen molar-refractivity contribution in [3.8, 4) is 0 Å². The number of rotatable bonds is 4. The molecule has 0 spiro atoms. The van der Waals surface area contributed by atoms with E-state index in [1.165, 1.54) is 27.7 Å². The first-order valence-electron chi connectivity index (χ1n) is 7.13. The van der Waals surface area contributed by atoms with Crippen LogP contribution in [0.2, 0.25) is 0 Å². The molecule has 1 aromatic carbocycles. The number of H-pyrrole nitrogens is 1. The summed E-state index contributed by atoms with van der Waals surface area (Å²) >= 11 is 5.61. The van der Waals surface area contributed by atoms with Crippen molar-refractivity contribution < 1.29 is 4.79 Å². The van der Waals surface area contributed by atoms with Crippen LogP contribution in [0.3, 0.4) is 0 Å². The average molecular weight is 291 g/mol. The lowest BCUT2D eigenvalue weighted by molar-refractivity contribution is -0.121. The van der Waals surface area contributed by atoms with E-state index in [-0.39, 0.29) is 11.9 Å². The molecular weight excluding hydrogens is 272 g/mol. The highest BCUT2D eigenvalue weighted by Gasteiger charge is 2.26. The fourth-order valence-corrected chi connectivity index (χ4v) is 3.15. The van der Waals surface area contributed by atoms with E-state index in [1.807, 2.05) is 0 Å². The van der Waals surface area contributed by atoms with E-state index in [4.69, 9.17) is 11.6 Å². The zero-order valence-corrected chi connectivity index (χ0v) is 12.4. The Labute approximate surface area is 123 Å². The summed E-state index contributed by atoms with van der Waals surface area (Å²) in [5.74, 6) is 0.655. The van der Waals surface area contributed by atoms with Crippen molar-refractivity contribution in [3.05, 3.63) is 35.0 Å². The molecule has 1 amide bonds. The molecule has 0 bridgehead atoms. The van der Waals surface area contributed by atoms with E-state index in [1.54, 1.807) is 0 Å². The lowest BCUT2D eigenvalue weighted by Gasteiger charge is -2.12. The molecule has 0 saturated heterocycles. The second kappa shape index (κ2) is 5.49. The number of hydrogen-bond acceptors (Lipinski definition) is 1. The van der Waals surface area contributed by atoms with E-state index in [0.717, 1.165) is 19.3 Å². The third-order valence-electron chi connectivity index (χ3n) is 3.95. The second-order valence-corrected chi connectivity index (χ2v) is 5.97. The number of halogens is 1. The van der Waals surface area contributed by atoms with Gasteiger partial charge in [-0.3, -0.25) is 4.79 Å². The topological polar surface area (TPSA) is 44.9 Å². The summed E-state index contributed by atoms with van der Waals surface area (Å²) in [4.78, 5) is 15.2. The molecule has 0 fully saturated rings. The number of fused-ring (bicyclic) bond motifs is 3. The highest BCUT2D eigenvalue weighted by atomic mass is 35.5. The van der Waals surface area contributed by atoms with Gasteiger partial charge in [0.15, 0.2) is 0 Å². The van der Waals surface area contributed by atoms with Gasteiger partial charge in [0.25, 0.3) is 0 Å². The molecule has 2 aromatic rings. The molecule has 2 N–H and O–H groups in total. The van der Waals surface area contributed by atoms with Crippen LogP contribution in [0.1, 0.15) is 29.7 Å². The standard InChI is InChI=1S/C16H19ClN2O/c1-10-4-5-14-12(7-10)13-8-11(9-15(13)19-14)18-16(20)3-2-6-17/h4-5,7,11,19H,2-3,6,8-9H2,1H3,(H,18,20). The first-order valence-corrected chi connectivity index (χ1v) is 7.66. The molecule has 1 unspecified atom stereocenters. The largest absolute Gasteiger partial charge is 0.358 e. The summed E-state index contributed by atoms with van der Waals surface area (Å²) in [5.41, 5.74) is 5.11. The third kappa shape index (κ3) is 2.55. The molecule has 1 aromatic heterocycles. The molecule has 1 aliphatic rings. The van der Waals surface area contributed by atoms with Gasteiger partial charge in [-0.2, -0.15) is 0 Å². The number of aromatic amines is 1. The molecule has 3 rings (SSSR count). The Morgan fingerprint density at radius 1 is 1.45 bits per heavy atom. The summed E-state index contributed by atoms with van der Waals surface area (Å²) in [7, 11) is 0. The number of aromatic nitrogens is 1. The minimum Gasteiger partial charge on any atom is -0.358 e. The van der Waals surface area contributed by atoms with Gasteiger partial charge < -0.3 is 10.3 Å². The van der Waals surface area contributed by atoms with Crippen molar-refractivity contribution >= 4 is 28.4 Å². The number of alkyl halides is 1. The van der Waals surface area contributed by atoms with Gasteiger partial charge >= 0.3 is 0 Å². The Balaban J connectivity index is 1.73. The van der Waals surface area contributed by atoms with E-state index in [0.29, 0.717) is 12.3 Å². The number of benzene rings is 1. The fourth-order valence-electron chi connectivity index (χ4n) is 3.02. The maximum atomic E-state index is 11.8. The monoisotopic (exact) mass is 290 g/mol. The normalized spacial score (nSPS) is 17.4. The average Bonchev–Trinajstić information content (AvgIpc) is 2.94. The first kappa shape index (κ1) is 13.5. The van der Waals surface area contributed by atoms with Crippen molar-refractivity contribution in [1.29, 1.82) is 0 Å². The zero-order chi connectivity index (χ0) is 14.1. The third-order valence-corrected chi connectivity index (χ3v) is 4.22. The molecule has 106 valence electrons. The van der Waals surface area contributed by atoms with Gasteiger partial charge in [0, 0.05) is 41.4 Å². The molecule has 1 aliphatic carbocycles. The Morgan fingerprint density at radius 2 is 2.30 bits per heavy atom. The Kier molecular flexibility index (Phi) is 3.70. The van der Waals surface area contributed by atoms with Crippen LogP contribution >= 0.6 is 11.6 Å². The molecule has 0 saturated carbocycles. The van der Waals surface area contributed by atoms with Gasteiger partial charge in [-0.1, -0.05) is 11.6 Å². The van der Waals surface area contributed by atoms with Gasteiger partial charge in [-0.15, -0.1) is 11.6 Å². The highest BCUT2D eigenvalue weighted by Crippen LogP contribution is 2.30. The summed E-state index contributed by atoms with van der Waals surface area (Å²) in [6.07, 6.45) is 3.09. The maximum Gasteiger partial charge on any atom is 0.220 e. The lowest BCUT2D eigenvalue weighted by Crippen LogP contribution is -2.35. The number of hydrogen-bond donors (Lipinski definition) is 2. The van der Waals surface area contributed by atoms with Crippen LogP contribution in [0.15, 0.2) is 18.2 Å². The predicted molar refractivity (Wildman–Crippen MR) is 82.3 cm³/mol. The van der Waals surface area contributed by atoms with Crippen LogP contribution in [0, 0.1) is 6.92 Å². The molecular formula is C16H19ClN2O. The second-order valence-electron chi connectivity index (χ2n) is 5.60. The minimum absolute atomic E-state index is 0.112. The Bertz CT molecular complexity index is 647. The first-order chi connectivity index (χ1) is 9.67. The van der Waals surface area contributed by atoms with Crippen molar-refractivity contribution in [2.75, 3.05) is 5.88 Å². The van der Waals surface area contributed by atoms with Crippen LogP contribution in [0.5, 0.6) is 0 Å². The molecule has 4 heteroatoms. The number of aryl methyl sites for hydroxylation is 1. The van der Waals surface area contributed by atoms with E-state index < -0.39 is 0 Å². The van der Waals surface area contributed by atoms with Gasteiger partial charge in [-0.25, -0.2) is 0 Å². The number of carbonyl (C=O) groups excluding carboxylic acids is 1. The van der Waals surface area contributed by atoms with Crippen molar-refractivity contribution in [1.82, 2.24) is 10.3 Å². The van der Waals surface area contributed by atoms with Gasteiger partial charge in [0.2, 0.25) is 5.91 Å². The maximum absolute atomic E-state index is 11.8. The van der Waals surface area contributed by atoms with Gasteiger partial charge in [0.05, 0.1) is 0 Å². The van der Waals surface area contributed by atoms with E-state index in [2.05, 4.69) is 35.4 Å². The van der Waals surface area contributed by atoms with Crippen LogP contribution in [0.25, 0.3) is 10.9 Å². The summed E-state index contributed by atoms with van der Waals surface area (Å²) in [6.45, 7) is 2.11. The smallest absolute Gasteiger partial charge is 0.220 e. The summed E-state index contributed by atoms with van der Waals surface area (Å²) in [5, 5.41) is 4.41. The molecule has 20 heavy (non-hydrogen) atoms. The Hall–Kier alpha value is -1.48. The summed E-state index contributed by atoms with van der Waals surface area (Å²) in [6, 6.07) is 6.71. The van der Waals surface area contributed by atoms with Gasteiger partial charge in [-0.05, 0) is 37.5 Å². The quantitative estimate of drug-likeness (QED) is 0.835. The van der Waals surface area contributed by atoms with Gasteiger partial charge in [0.1, 0.15) is 0 Å². The number of carbonyl (C=O) groups is 1. The predicted octanol–water partition coefficient (Wildman–Crippen LogP) is 3.08. The zero-order valence-electron chi connectivity index (χ0n) is 11.6. The minimum atomic E-state index is 0.112.